The summed E-state index contributed by atoms with van der Waals surface area (Å²) in [5.41, 5.74) is 0.498. The molecule has 1 N–H and O–H groups in total. The van der Waals surface area contributed by atoms with Gasteiger partial charge in [-0.25, -0.2) is 9.78 Å². The summed E-state index contributed by atoms with van der Waals surface area (Å²) in [6.45, 7) is 5.38. The molecule has 18 heavy (non-hydrogen) atoms. The van der Waals surface area contributed by atoms with Crippen LogP contribution in [0.5, 0.6) is 0 Å². The topological polar surface area (TPSA) is 51.2 Å². The molecule has 0 amide bonds. The van der Waals surface area contributed by atoms with Crippen molar-refractivity contribution in [3.8, 4) is 0 Å². The van der Waals surface area contributed by atoms with Crippen LogP contribution in [0.25, 0.3) is 0 Å². The minimum Gasteiger partial charge on any atom is -0.462 e. The van der Waals surface area contributed by atoms with E-state index in [2.05, 4.69) is 17.2 Å². The summed E-state index contributed by atoms with van der Waals surface area (Å²) in [5, 5.41) is 3.30. The zero-order valence-electron chi connectivity index (χ0n) is 11.0. The fourth-order valence-corrected chi connectivity index (χ4v) is 1.93. The zero-order valence-corrected chi connectivity index (χ0v) is 11.0. The standard InChI is InChI=1S/C14H20N2O2/c1-3-18-14(17)12-6-7-13(16-9-12)15-8-10(2)11-4-5-11/h6-7,9-11H,3-5,8H2,1-2H3,(H,15,16). The van der Waals surface area contributed by atoms with Crippen molar-refractivity contribution < 1.29 is 9.53 Å². The molecule has 98 valence electrons. The molecule has 4 nitrogen and oxygen atoms in total. The predicted octanol–water partition coefficient (Wildman–Crippen LogP) is 2.72. The van der Waals surface area contributed by atoms with Gasteiger partial charge in [0.25, 0.3) is 0 Å². The van der Waals surface area contributed by atoms with Gasteiger partial charge in [0.05, 0.1) is 12.2 Å². The Morgan fingerprint density at radius 2 is 2.33 bits per heavy atom. The molecule has 1 heterocycles. The highest BCUT2D eigenvalue weighted by Crippen LogP contribution is 2.36. The Labute approximate surface area is 108 Å². The van der Waals surface area contributed by atoms with Crippen LogP contribution in [0.15, 0.2) is 18.3 Å². The van der Waals surface area contributed by atoms with E-state index in [1.165, 1.54) is 12.8 Å². The van der Waals surface area contributed by atoms with Crippen molar-refractivity contribution in [1.29, 1.82) is 0 Å². The largest absolute Gasteiger partial charge is 0.462 e. The molecular weight excluding hydrogens is 228 g/mol. The molecule has 1 unspecified atom stereocenters. The summed E-state index contributed by atoms with van der Waals surface area (Å²) in [7, 11) is 0. The van der Waals surface area contributed by atoms with Crippen molar-refractivity contribution in [2.75, 3.05) is 18.5 Å². The summed E-state index contributed by atoms with van der Waals surface area (Å²) in [5.74, 6) is 2.08. The summed E-state index contributed by atoms with van der Waals surface area (Å²) < 4.78 is 4.91. The molecule has 0 aromatic carbocycles. The molecule has 1 aliphatic carbocycles. The molecule has 1 fully saturated rings. The first-order valence-corrected chi connectivity index (χ1v) is 6.57. The molecule has 1 aliphatic rings. The maximum atomic E-state index is 11.4. The van der Waals surface area contributed by atoms with Crippen LogP contribution in [0.4, 0.5) is 5.82 Å². The van der Waals surface area contributed by atoms with Crippen molar-refractivity contribution >= 4 is 11.8 Å². The van der Waals surface area contributed by atoms with Crippen LogP contribution in [0.3, 0.4) is 0 Å². The summed E-state index contributed by atoms with van der Waals surface area (Å²) >= 11 is 0. The zero-order chi connectivity index (χ0) is 13.0. The van der Waals surface area contributed by atoms with Gasteiger partial charge in [-0.15, -0.1) is 0 Å². The third-order valence-corrected chi connectivity index (χ3v) is 3.31. The maximum Gasteiger partial charge on any atom is 0.339 e. The lowest BCUT2D eigenvalue weighted by molar-refractivity contribution is 0.0526. The van der Waals surface area contributed by atoms with Crippen molar-refractivity contribution in [2.45, 2.75) is 26.7 Å². The van der Waals surface area contributed by atoms with Crippen molar-refractivity contribution in [3.05, 3.63) is 23.9 Å². The molecule has 1 atom stereocenters. The van der Waals surface area contributed by atoms with E-state index in [0.717, 1.165) is 18.3 Å². The highest BCUT2D eigenvalue weighted by atomic mass is 16.5. The second-order valence-corrected chi connectivity index (χ2v) is 4.85. The van der Waals surface area contributed by atoms with E-state index in [1.54, 1.807) is 19.2 Å². The van der Waals surface area contributed by atoms with Crippen molar-refractivity contribution in [2.24, 2.45) is 11.8 Å². The fourth-order valence-electron chi connectivity index (χ4n) is 1.93. The quantitative estimate of drug-likeness (QED) is 0.786. The Bertz CT molecular complexity index is 399. The Morgan fingerprint density at radius 1 is 1.56 bits per heavy atom. The van der Waals surface area contributed by atoms with Gasteiger partial charge >= 0.3 is 5.97 Å². The summed E-state index contributed by atoms with van der Waals surface area (Å²) in [4.78, 5) is 15.7. The summed E-state index contributed by atoms with van der Waals surface area (Å²) in [6.07, 6.45) is 4.28. The third kappa shape index (κ3) is 3.45. The average Bonchev–Trinajstić information content (AvgIpc) is 3.21. The molecule has 1 aromatic rings. The lowest BCUT2D eigenvalue weighted by atomic mass is 10.1. The first-order chi connectivity index (χ1) is 8.70. The van der Waals surface area contributed by atoms with Gasteiger partial charge in [0.15, 0.2) is 0 Å². The molecule has 0 aliphatic heterocycles. The number of esters is 1. The minimum absolute atomic E-state index is 0.317. The second kappa shape index (κ2) is 5.85. The Kier molecular flexibility index (Phi) is 4.18. The van der Waals surface area contributed by atoms with E-state index in [1.807, 2.05) is 6.07 Å². The number of rotatable bonds is 6. The number of nitrogens with one attached hydrogen (secondary N) is 1. The van der Waals surface area contributed by atoms with Gasteiger partial charge in [-0.2, -0.15) is 0 Å². The lowest BCUT2D eigenvalue weighted by Gasteiger charge is -2.11. The van der Waals surface area contributed by atoms with E-state index in [0.29, 0.717) is 18.1 Å². The monoisotopic (exact) mass is 248 g/mol. The maximum absolute atomic E-state index is 11.4. The van der Waals surface area contributed by atoms with Gasteiger partial charge in [0.1, 0.15) is 5.82 Å². The minimum atomic E-state index is -0.317. The van der Waals surface area contributed by atoms with Crippen molar-refractivity contribution in [1.82, 2.24) is 4.98 Å². The number of hydrogen-bond acceptors (Lipinski definition) is 4. The average molecular weight is 248 g/mol. The Hall–Kier alpha value is -1.58. The second-order valence-electron chi connectivity index (χ2n) is 4.85. The molecule has 0 saturated heterocycles. The van der Waals surface area contributed by atoms with Crippen LogP contribution < -0.4 is 5.32 Å². The van der Waals surface area contributed by atoms with Gasteiger partial charge < -0.3 is 10.1 Å². The molecule has 2 rings (SSSR count). The first-order valence-electron chi connectivity index (χ1n) is 6.57. The van der Waals surface area contributed by atoms with Crippen LogP contribution in [-0.4, -0.2) is 24.1 Å². The van der Waals surface area contributed by atoms with Crippen LogP contribution in [0.2, 0.25) is 0 Å². The van der Waals surface area contributed by atoms with Gasteiger partial charge in [-0.3, -0.25) is 0 Å². The summed E-state index contributed by atoms with van der Waals surface area (Å²) in [6, 6.07) is 3.57. The number of aromatic nitrogens is 1. The smallest absolute Gasteiger partial charge is 0.339 e. The number of carbonyl (C=O) groups excluding carboxylic acids is 1. The van der Waals surface area contributed by atoms with Crippen LogP contribution in [0, 0.1) is 11.8 Å². The van der Waals surface area contributed by atoms with Crippen molar-refractivity contribution in [3.63, 3.8) is 0 Å². The molecule has 0 spiro atoms. The highest BCUT2D eigenvalue weighted by molar-refractivity contribution is 5.89. The molecular formula is C14H20N2O2. The van der Waals surface area contributed by atoms with Gasteiger partial charge in [0.2, 0.25) is 0 Å². The fraction of sp³-hybridized carbons (Fsp3) is 0.571. The van der Waals surface area contributed by atoms with E-state index in [-0.39, 0.29) is 5.97 Å². The number of ether oxygens (including phenoxy) is 1. The van der Waals surface area contributed by atoms with E-state index >= 15 is 0 Å². The van der Waals surface area contributed by atoms with E-state index < -0.39 is 0 Å². The first kappa shape index (κ1) is 12.9. The molecule has 0 radical (unpaired) electrons. The molecule has 1 aromatic heterocycles. The third-order valence-electron chi connectivity index (χ3n) is 3.31. The predicted molar refractivity (Wildman–Crippen MR) is 70.6 cm³/mol. The molecule has 4 heteroatoms. The SMILES string of the molecule is CCOC(=O)c1ccc(NCC(C)C2CC2)nc1. The molecule has 0 bridgehead atoms. The highest BCUT2D eigenvalue weighted by Gasteiger charge is 2.27. The van der Waals surface area contributed by atoms with Gasteiger partial charge in [-0.05, 0) is 43.7 Å². The molecule has 1 saturated carbocycles. The number of anilines is 1. The number of pyridine rings is 1. The van der Waals surface area contributed by atoms with Gasteiger partial charge in [0, 0.05) is 12.7 Å². The van der Waals surface area contributed by atoms with Gasteiger partial charge in [-0.1, -0.05) is 6.92 Å². The van der Waals surface area contributed by atoms with Crippen LogP contribution in [-0.2, 0) is 4.74 Å². The number of carbonyl (C=O) groups is 1. The Balaban J connectivity index is 1.84. The van der Waals surface area contributed by atoms with Crippen LogP contribution >= 0.6 is 0 Å². The van der Waals surface area contributed by atoms with E-state index in [9.17, 15) is 4.79 Å². The van der Waals surface area contributed by atoms with E-state index in [4.69, 9.17) is 4.74 Å². The van der Waals surface area contributed by atoms with Crippen LogP contribution in [0.1, 0.15) is 37.0 Å². The number of nitrogens with zero attached hydrogens (tertiary/aromatic N) is 1. The number of hydrogen-bond donors (Lipinski definition) is 1. The lowest BCUT2D eigenvalue weighted by Crippen LogP contribution is -2.14. The normalized spacial score (nSPS) is 16.1. The Morgan fingerprint density at radius 3 is 2.89 bits per heavy atom.